The molecule has 4 nitrogen and oxygen atoms in total. The van der Waals surface area contributed by atoms with Crippen LogP contribution in [0.15, 0.2) is 41.6 Å². The van der Waals surface area contributed by atoms with Crippen molar-refractivity contribution in [2.24, 2.45) is 0 Å². The Balaban J connectivity index is 2.07. The van der Waals surface area contributed by atoms with Gasteiger partial charge in [0.2, 0.25) is 5.91 Å². The summed E-state index contributed by atoms with van der Waals surface area (Å²) in [6.45, 7) is 5.97. The standard InChI is InChI=1S/C17H21N3OS/c1-4-13-7-5-6-11(2)16(13)20-17(21)12(3)22-15-9-8-14(18)10-19-15/h5-10,12H,4,18H2,1-3H3,(H,20,21). The molecule has 116 valence electrons. The number of hydrogen-bond donors (Lipinski definition) is 2. The Hall–Kier alpha value is -2.01. The molecule has 0 fully saturated rings. The first-order chi connectivity index (χ1) is 10.5. The van der Waals surface area contributed by atoms with Gasteiger partial charge in [0, 0.05) is 5.69 Å². The monoisotopic (exact) mass is 315 g/mol. The summed E-state index contributed by atoms with van der Waals surface area (Å²) in [5.74, 6) is -0.0207. The van der Waals surface area contributed by atoms with E-state index in [9.17, 15) is 4.79 Å². The number of benzene rings is 1. The maximum absolute atomic E-state index is 12.4. The third-order valence-electron chi connectivity index (χ3n) is 3.41. The molecule has 1 amide bonds. The molecule has 0 saturated heterocycles. The first-order valence-electron chi connectivity index (χ1n) is 7.28. The molecule has 2 aromatic rings. The van der Waals surface area contributed by atoms with Gasteiger partial charge in [-0.1, -0.05) is 36.9 Å². The Morgan fingerprint density at radius 1 is 1.36 bits per heavy atom. The van der Waals surface area contributed by atoms with Gasteiger partial charge in [-0.2, -0.15) is 0 Å². The minimum Gasteiger partial charge on any atom is -0.397 e. The van der Waals surface area contributed by atoms with Crippen LogP contribution in [0, 0.1) is 6.92 Å². The summed E-state index contributed by atoms with van der Waals surface area (Å²) in [6, 6.07) is 9.68. The highest BCUT2D eigenvalue weighted by Crippen LogP contribution is 2.25. The number of nitrogens with zero attached hydrogens (tertiary/aromatic N) is 1. The second-order valence-corrected chi connectivity index (χ2v) is 6.50. The van der Waals surface area contributed by atoms with Crippen LogP contribution >= 0.6 is 11.8 Å². The topological polar surface area (TPSA) is 68.0 Å². The Kier molecular flexibility index (Phi) is 5.44. The normalized spacial score (nSPS) is 12.0. The van der Waals surface area contributed by atoms with Gasteiger partial charge in [-0.05, 0) is 43.5 Å². The number of amides is 1. The highest BCUT2D eigenvalue weighted by atomic mass is 32.2. The van der Waals surface area contributed by atoms with E-state index in [1.807, 2.05) is 38.1 Å². The molecule has 5 heteroatoms. The Morgan fingerprint density at radius 2 is 2.14 bits per heavy atom. The van der Waals surface area contributed by atoms with Gasteiger partial charge in [0.05, 0.1) is 22.2 Å². The second-order valence-electron chi connectivity index (χ2n) is 5.14. The van der Waals surface area contributed by atoms with E-state index in [0.717, 1.165) is 28.3 Å². The smallest absolute Gasteiger partial charge is 0.237 e. The fraction of sp³-hybridized carbons (Fsp3) is 0.294. The Morgan fingerprint density at radius 3 is 2.77 bits per heavy atom. The summed E-state index contributed by atoms with van der Waals surface area (Å²) in [5.41, 5.74) is 9.39. The summed E-state index contributed by atoms with van der Waals surface area (Å²) in [4.78, 5) is 16.6. The largest absolute Gasteiger partial charge is 0.397 e. The fourth-order valence-electron chi connectivity index (χ4n) is 2.12. The molecular weight excluding hydrogens is 294 g/mol. The number of hydrogen-bond acceptors (Lipinski definition) is 4. The average Bonchev–Trinajstić information content (AvgIpc) is 2.51. The minimum absolute atomic E-state index is 0.0207. The average molecular weight is 315 g/mol. The third kappa shape index (κ3) is 4.01. The van der Waals surface area contributed by atoms with Gasteiger partial charge in [0.15, 0.2) is 0 Å². The SMILES string of the molecule is CCc1cccc(C)c1NC(=O)C(C)Sc1ccc(N)cn1. The number of nitrogens with one attached hydrogen (secondary N) is 1. The van der Waals surface area contributed by atoms with E-state index in [1.54, 1.807) is 12.3 Å². The van der Waals surface area contributed by atoms with Crippen LogP contribution in [-0.4, -0.2) is 16.1 Å². The van der Waals surface area contributed by atoms with Crippen molar-refractivity contribution in [2.45, 2.75) is 37.5 Å². The van der Waals surface area contributed by atoms with Gasteiger partial charge in [-0.3, -0.25) is 4.79 Å². The van der Waals surface area contributed by atoms with Crippen molar-refractivity contribution in [3.8, 4) is 0 Å². The van der Waals surface area contributed by atoms with Gasteiger partial charge in [-0.25, -0.2) is 4.98 Å². The highest BCUT2D eigenvalue weighted by molar-refractivity contribution is 8.00. The first-order valence-corrected chi connectivity index (χ1v) is 8.16. The molecule has 1 unspecified atom stereocenters. The molecule has 1 heterocycles. The number of carbonyl (C=O) groups is 1. The van der Waals surface area contributed by atoms with Crippen molar-refractivity contribution in [1.82, 2.24) is 4.98 Å². The summed E-state index contributed by atoms with van der Waals surface area (Å²) in [5, 5.41) is 3.60. The van der Waals surface area contributed by atoms with E-state index in [0.29, 0.717) is 5.69 Å². The highest BCUT2D eigenvalue weighted by Gasteiger charge is 2.17. The van der Waals surface area contributed by atoms with Crippen LogP contribution in [0.4, 0.5) is 11.4 Å². The van der Waals surface area contributed by atoms with Crippen LogP contribution in [0.3, 0.4) is 0 Å². The van der Waals surface area contributed by atoms with E-state index < -0.39 is 0 Å². The van der Waals surface area contributed by atoms with Crippen molar-refractivity contribution in [3.63, 3.8) is 0 Å². The molecule has 0 bridgehead atoms. The number of aryl methyl sites for hydroxylation is 2. The molecule has 1 atom stereocenters. The lowest BCUT2D eigenvalue weighted by Gasteiger charge is -2.16. The molecule has 0 aliphatic carbocycles. The zero-order valence-corrected chi connectivity index (χ0v) is 13.9. The maximum atomic E-state index is 12.4. The zero-order valence-electron chi connectivity index (χ0n) is 13.1. The van der Waals surface area contributed by atoms with Crippen LogP contribution in [0.25, 0.3) is 0 Å². The first kappa shape index (κ1) is 16.4. The van der Waals surface area contributed by atoms with Gasteiger partial charge in [-0.15, -0.1) is 0 Å². The predicted octanol–water partition coefficient (Wildman–Crippen LogP) is 3.65. The Bertz CT molecular complexity index is 655. The van der Waals surface area contributed by atoms with Crippen molar-refractivity contribution >= 4 is 29.0 Å². The summed E-state index contributed by atoms with van der Waals surface area (Å²) in [6.07, 6.45) is 2.49. The molecule has 1 aromatic heterocycles. The van der Waals surface area contributed by atoms with Crippen LogP contribution in [0.1, 0.15) is 25.0 Å². The lowest BCUT2D eigenvalue weighted by molar-refractivity contribution is -0.115. The zero-order chi connectivity index (χ0) is 16.1. The van der Waals surface area contributed by atoms with Gasteiger partial charge in [0.25, 0.3) is 0 Å². The fourth-order valence-corrected chi connectivity index (χ4v) is 2.91. The van der Waals surface area contributed by atoms with Crippen molar-refractivity contribution in [1.29, 1.82) is 0 Å². The van der Waals surface area contributed by atoms with E-state index in [-0.39, 0.29) is 11.2 Å². The number of nitrogens with two attached hydrogens (primary N) is 1. The number of para-hydroxylation sites is 1. The number of carbonyl (C=O) groups excluding carboxylic acids is 1. The molecule has 0 radical (unpaired) electrons. The molecule has 22 heavy (non-hydrogen) atoms. The lowest BCUT2D eigenvalue weighted by Crippen LogP contribution is -2.23. The summed E-state index contributed by atoms with van der Waals surface area (Å²) >= 11 is 1.42. The second kappa shape index (κ2) is 7.31. The molecular formula is C17H21N3OS. The minimum atomic E-state index is -0.236. The van der Waals surface area contributed by atoms with Gasteiger partial charge < -0.3 is 11.1 Å². The molecule has 2 rings (SSSR count). The lowest BCUT2D eigenvalue weighted by atomic mass is 10.1. The van der Waals surface area contributed by atoms with Crippen molar-refractivity contribution in [3.05, 3.63) is 47.7 Å². The van der Waals surface area contributed by atoms with Crippen LogP contribution in [0.5, 0.6) is 0 Å². The molecule has 0 spiro atoms. The molecule has 3 N–H and O–H groups in total. The Labute approximate surface area is 135 Å². The summed E-state index contributed by atoms with van der Waals surface area (Å²) in [7, 11) is 0. The number of aromatic nitrogens is 1. The molecule has 0 aliphatic heterocycles. The van der Waals surface area contributed by atoms with E-state index in [4.69, 9.17) is 5.73 Å². The predicted molar refractivity (Wildman–Crippen MR) is 93.2 cm³/mol. The molecule has 1 aromatic carbocycles. The quantitative estimate of drug-likeness (QED) is 0.826. The van der Waals surface area contributed by atoms with E-state index in [2.05, 4.69) is 17.2 Å². The van der Waals surface area contributed by atoms with E-state index >= 15 is 0 Å². The maximum Gasteiger partial charge on any atom is 0.237 e. The van der Waals surface area contributed by atoms with Crippen LogP contribution < -0.4 is 11.1 Å². The molecule has 0 saturated carbocycles. The van der Waals surface area contributed by atoms with Gasteiger partial charge >= 0.3 is 0 Å². The number of anilines is 2. The van der Waals surface area contributed by atoms with Crippen LogP contribution in [0.2, 0.25) is 0 Å². The van der Waals surface area contributed by atoms with Crippen molar-refractivity contribution < 1.29 is 4.79 Å². The number of rotatable bonds is 5. The van der Waals surface area contributed by atoms with Crippen LogP contribution in [-0.2, 0) is 11.2 Å². The third-order valence-corrected chi connectivity index (χ3v) is 4.46. The number of nitrogen functional groups attached to an aromatic ring is 1. The van der Waals surface area contributed by atoms with Gasteiger partial charge in [0.1, 0.15) is 0 Å². The van der Waals surface area contributed by atoms with E-state index in [1.165, 1.54) is 11.8 Å². The summed E-state index contributed by atoms with van der Waals surface area (Å²) < 4.78 is 0. The number of pyridine rings is 1. The number of thioether (sulfide) groups is 1. The van der Waals surface area contributed by atoms with Crippen molar-refractivity contribution in [2.75, 3.05) is 11.1 Å². The molecule has 0 aliphatic rings.